The standard InChI is InChI=1S/C16H21NO4/c1-4-20-14-9-6-13(7-10-14)8-11-15(18)17-12(3)16(19)21-5-2/h6-12H,4-5H2,1-3H3,(H,17,18). The number of nitrogens with one attached hydrogen (secondary N) is 1. The van der Waals surface area contributed by atoms with Crippen LogP contribution < -0.4 is 10.1 Å². The van der Waals surface area contributed by atoms with E-state index in [1.807, 2.05) is 31.2 Å². The van der Waals surface area contributed by atoms with Crippen LogP contribution in [0.4, 0.5) is 0 Å². The minimum Gasteiger partial charge on any atom is -0.494 e. The molecule has 1 atom stereocenters. The molecule has 1 unspecified atom stereocenters. The quantitative estimate of drug-likeness (QED) is 0.617. The van der Waals surface area contributed by atoms with Crippen LogP contribution in [-0.4, -0.2) is 31.1 Å². The molecule has 1 N–H and O–H groups in total. The van der Waals surface area contributed by atoms with Crippen molar-refractivity contribution in [3.63, 3.8) is 0 Å². The van der Waals surface area contributed by atoms with E-state index in [9.17, 15) is 9.59 Å². The van der Waals surface area contributed by atoms with Crippen molar-refractivity contribution in [1.82, 2.24) is 5.32 Å². The van der Waals surface area contributed by atoms with Crippen LogP contribution in [0.3, 0.4) is 0 Å². The molecular formula is C16H21NO4. The Kier molecular flexibility index (Phi) is 7.01. The van der Waals surface area contributed by atoms with E-state index < -0.39 is 12.0 Å². The number of amides is 1. The Hall–Kier alpha value is -2.30. The fraction of sp³-hybridized carbons (Fsp3) is 0.375. The molecule has 0 saturated heterocycles. The molecule has 5 nitrogen and oxygen atoms in total. The maximum absolute atomic E-state index is 11.7. The lowest BCUT2D eigenvalue weighted by Gasteiger charge is -2.10. The van der Waals surface area contributed by atoms with Gasteiger partial charge in [-0.15, -0.1) is 0 Å². The normalized spacial score (nSPS) is 12.0. The molecule has 0 aromatic heterocycles. The molecule has 0 saturated carbocycles. The summed E-state index contributed by atoms with van der Waals surface area (Å²) in [5, 5.41) is 2.54. The van der Waals surface area contributed by atoms with Gasteiger partial charge < -0.3 is 14.8 Å². The van der Waals surface area contributed by atoms with Crippen molar-refractivity contribution in [2.24, 2.45) is 0 Å². The average Bonchev–Trinajstić information content (AvgIpc) is 2.47. The van der Waals surface area contributed by atoms with Crippen LogP contribution in [0.5, 0.6) is 5.75 Å². The van der Waals surface area contributed by atoms with Crippen LogP contribution in [-0.2, 0) is 14.3 Å². The summed E-state index contributed by atoms with van der Waals surface area (Å²) in [5.74, 6) is -0.000195. The fourth-order valence-electron chi connectivity index (χ4n) is 1.60. The molecule has 0 aliphatic carbocycles. The number of hydrogen-bond donors (Lipinski definition) is 1. The van der Waals surface area contributed by atoms with Crippen molar-refractivity contribution in [3.8, 4) is 5.75 Å². The average molecular weight is 291 g/mol. The third-order valence-corrected chi connectivity index (χ3v) is 2.62. The third-order valence-electron chi connectivity index (χ3n) is 2.62. The molecule has 5 heteroatoms. The molecular weight excluding hydrogens is 270 g/mol. The Balaban J connectivity index is 2.51. The molecule has 114 valence electrons. The van der Waals surface area contributed by atoms with Crippen molar-refractivity contribution in [2.45, 2.75) is 26.8 Å². The first kappa shape index (κ1) is 16.8. The largest absolute Gasteiger partial charge is 0.494 e. The second-order valence-electron chi connectivity index (χ2n) is 4.32. The van der Waals surface area contributed by atoms with E-state index in [1.54, 1.807) is 19.9 Å². The van der Waals surface area contributed by atoms with Gasteiger partial charge in [0.25, 0.3) is 0 Å². The molecule has 0 bridgehead atoms. The van der Waals surface area contributed by atoms with Crippen molar-refractivity contribution in [1.29, 1.82) is 0 Å². The number of rotatable bonds is 7. The van der Waals surface area contributed by atoms with Gasteiger partial charge in [-0.05, 0) is 44.5 Å². The van der Waals surface area contributed by atoms with Crippen molar-refractivity contribution < 1.29 is 19.1 Å². The second kappa shape index (κ2) is 8.79. The van der Waals surface area contributed by atoms with Gasteiger partial charge in [0, 0.05) is 6.08 Å². The molecule has 0 spiro atoms. The SMILES string of the molecule is CCOC(=O)C(C)NC(=O)C=Cc1ccc(OCC)cc1. The molecule has 1 rings (SSSR count). The number of hydrogen-bond acceptors (Lipinski definition) is 4. The predicted octanol–water partition coefficient (Wildman–Crippen LogP) is 2.17. The summed E-state index contributed by atoms with van der Waals surface area (Å²) < 4.78 is 10.1. The summed E-state index contributed by atoms with van der Waals surface area (Å²) in [6.45, 7) is 6.13. The second-order valence-corrected chi connectivity index (χ2v) is 4.32. The Bertz CT molecular complexity index is 494. The molecule has 0 radical (unpaired) electrons. The summed E-state index contributed by atoms with van der Waals surface area (Å²) in [6, 6.07) is 6.71. The zero-order valence-corrected chi connectivity index (χ0v) is 12.6. The van der Waals surface area contributed by atoms with Crippen LogP contribution in [0, 0.1) is 0 Å². The molecule has 1 amide bonds. The van der Waals surface area contributed by atoms with Gasteiger partial charge in [-0.3, -0.25) is 4.79 Å². The van der Waals surface area contributed by atoms with E-state index in [0.717, 1.165) is 11.3 Å². The molecule has 21 heavy (non-hydrogen) atoms. The van der Waals surface area contributed by atoms with E-state index in [1.165, 1.54) is 6.08 Å². The van der Waals surface area contributed by atoms with Crippen molar-refractivity contribution in [2.75, 3.05) is 13.2 Å². The van der Waals surface area contributed by atoms with E-state index in [0.29, 0.717) is 13.2 Å². The van der Waals surface area contributed by atoms with Gasteiger partial charge in [0.15, 0.2) is 0 Å². The van der Waals surface area contributed by atoms with Gasteiger partial charge in [-0.2, -0.15) is 0 Å². The van der Waals surface area contributed by atoms with Crippen LogP contribution in [0.15, 0.2) is 30.3 Å². The van der Waals surface area contributed by atoms with Gasteiger partial charge in [-0.1, -0.05) is 12.1 Å². The van der Waals surface area contributed by atoms with Gasteiger partial charge in [0.05, 0.1) is 13.2 Å². The number of ether oxygens (including phenoxy) is 2. The molecule has 1 aromatic rings. The smallest absolute Gasteiger partial charge is 0.328 e. The summed E-state index contributed by atoms with van der Waals surface area (Å²) in [4.78, 5) is 23.1. The Morgan fingerprint density at radius 2 is 1.86 bits per heavy atom. The van der Waals surface area contributed by atoms with E-state index in [4.69, 9.17) is 9.47 Å². The minimum atomic E-state index is -0.664. The maximum Gasteiger partial charge on any atom is 0.328 e. The van der Waals surface area contributed by atoms with Gasteiger partial charge in [0.2, 0.25) is 5.91 Å². The lowest BCUT2D eigenvalue weighted by Crippen LogP contribution is -2.38. The summed E-state index contributed by atoms with van der Waals surface area (Å²) >= 11 is 0. The monoisotopic (exact) mass is 291 g/mol. The zero-order chi connectivity index (χ0) is 15.7. The minimum absolute atomic E-state index is 0.293. The topological polar surface area (TPSA) is 64.6 Å². The number of carbonyl (C=O) groups is 2. The Morgan fingerprint density at radius 3 is 2.43 bits per heavy atom. The fourth-order valence-corrected chi connectivity index (χ4v) is 1.60. The first-order chi connectivity index (χ1) is 10.1. The van der Waals surface area contributed by atoms with Crippen LogP contribution in [0.2, 0.25) is 0 Å². The van der Waals surface area contributed by atoms with E-state index >= 15 is 0 Å². The highest BCUT2D eigenvalue weighted by atomic mass is 16.5. The first-order valence-electron chi connectivity index (χ1n) is 6.94. The molecule has 0 heterocycles. The Morgan fingerprint density at radius 1 is 1.19 bits per heavy atom. The third kappa shape index (κ3) is 6.12. The summed E-state index contributed by atoms with van der Waals surface area (Å²) in [5.41, 5.74) is 0.873. The predicted molar refractivity (Wildman–Crippen MR) is 80.9 cm³/mol. The summed E-state index contributed by atoms with van der Waals surface area (Å²) in [7, 11) is 0. The van der Waals surface area contributed by atoms with Crippen LogP contribution >= 0.6 is 0 Å². The van der Waals surface area contributed by atoms with Gasteiger partial charge >= 0.3 is 5.97 Å². The zero-order valence-electron chi connectivity index (χ0n) is 12.6. The molecule has 0 aliphatic heterocycles. The summed E-state index contributed by atoms with van der Waals surface area (Å²) in [6.07, 6.45) is 3.05. The number of benzene rings is 1. The molecule has 1 aromatic carbocycles. The van der Waals surface area contributed by atoms with Gasteiger partial charge in [0.1, 0.15) is 11.8 Å². The molecule has 0 fully saturated rings. The Labute approximate surface area is 124 Å². The maximum atomic E-state index is 11.7. The van der Waals surface area contributed by atoms with Crippen molar-refractivity contribution >= 4 is 18.0 Å². The van der Waals surface area contributed by atoms with Crippen LogP contribution in [0.25, 0.3) is 6.08 Å². The lowest BCUT2D eigenvalue weighted by molar-refractivity contribution is -0.146. The number of carbonyl (C=O) groups excluding carboxylic acids is 2. The first-order valence-corrected chi connectivity index (χ1v) is 6.94. The number of esters is 1. The van der Waals surface area contributed by atoms with E-state index in [2.05, 4.69) is 5.32 Å². The molecule has 0 aliphatic rings. The highest BCUT2D eigenvalue weighted by Gasteiger charge is 2.14. The van der Waals surface area contributed by atoms with Gasteiger partial charge in [-0.25, -0.2) is 4.79 Å². The highest BCUT2D eigenvalue weighted by molar-refractivity contribution is 5.94. The van der Waals surface area contributed by atoms with Crippen LogP contribution in [0.1, 0.15) is 26.3 Å². The van der Waals surface area contributed by atoms with E-state index in [-0.39, 0.29) is 5.91 Å². The highest BCUT2D eigenvalue weighted by Crippen LogP contribution is 2.12. The van der Waals surface area contributed by atoms with Crippen molar-refractivity contribution in [3.05, 3.63) is 35.9 Å². The lowest BCUT2D eigenvalue weighted by atomic mass is 10.2.